The summed E-state index contributed by atoms with van der Waals surface area (Å²) in [6.45, 7) is 0. The first kappa shape index (κ1) is 22.5. The smallest absolute Gasteiger partial charge is 0.222 e. The molecule has 42 valence electrons. The fourth-order valence-electron chi connectivity index (χ4n) is 0. The number of rotatable bonds is 0. The van der Waals surface area contributed by atoms with Crippen molar-refractivity contribution in [3.05, 3.63) is 0 Å². The summed E-state index contributed by atoms with van der Waals surface area (Å²) in [5, 5.41) is 0. The van der Waals surface area contributed by atoms with E-state index in [1.54, 1.807) is 0 Å². The van der Waals surface area contributed by atoms with E-state index in [1.807, 2.05) is 0 Å². The Morgan fingerprint density at radius 3 is 0.875 bits per heavy atom. The minimum atomic E-state index is -4.94. The summed E-state index contributed by atoms with van der Waals surface area (Å²) in [6, 6.07) is 0. The van der Waals surface area contributed by atoms with Crippen molar-refractivity contribution in [2.75, 3.05) is 0 Å². The molecule has 0 fully saturated rings. The second-order valence-corrected chi connectivity index (χ2v) is 1.13. The minimum absolute atomic E-state index is 0. The van der Waals surface area contributed by atoms with Crippen molar-refractivity contribution in [1.82, 2.24) is 0 Å². The Morgan fingerprint density at radius 2 is 0.875 bits per heavy atom. The Hall–Kier alpha value is 3.34. The zero-order valence-corrected chi connectivity index (χ0v) is 13.2. The van der Waals surface area contributed by atoms with Gasteiger partial charge in [0, 0.05) is 47.3 Å². The quantitative estimate of drug-likeness (QED) is 0.369. The normalized spacial score (nSPS) is 7.50. The van der Waals surface area contributed by atoms with Gasteiger partial charge in [0.05, 0.1) is 0 Å². The fraction of sp³-hybridized carbons (Fsp3) is 0. The molecule has 0 heterocycles. The standard InChI is InChI=1S/ClHO4.K.W.Zr/c2-1(3,4)5;;;/h(H,2,3,4,5);;;/q;+1;;/p-1. The van der Waals surface area contributed by atoms with Crippen LogP contribution in [0.1, 0.15) is 0 Å². The van der Waals surface area contributed by atoms with E-state index in [0.29, 0.717) is 0 Å². The minimum Gasteiger partial charge on any atom is -0.222 e. The topological polar surface area (TPSA) is 92.2 Å². The van der Waals surface area contributed by atoms with Gasteiger partial charge in [-0.2, -0.15) is 0 Å². The van der Waals surface area contributed by atoms with Crippen molar-refractivity contribution >= 4 is 0 Å². The summed E-state index contributed by atoms with van der Waals surface area (Å²) in [7, 11) is -4.94. The van der Waals surface area contributed by atoms with Gasteiger partial charge < -0.3 is 0 Å². The zero-order chi connectivity index (χ0) is 4.50. The molecular formula is ClKO4WZr. The molecule has 0 atom stereocenters. The molecule has 0 aromatic heterocycles. The summed E-state index contributed by atoms with van der Waals surface area (Å²) in [4.78, 5) is 0. The third kappa shape index (κ3) is 58.3. The number of hydrogen-bond donors (Lipinski definition) is 0. The Bertz CT molecular complexity index is 31.5. The molecule has 0 aliphatic rings. The first-order valence-electron chi connectivity index (χ1n) is 0.617. The molecule has 0 saturated heterocycles. The fourth-order valence-corrected chi connectivity index (χ4v) is 0. The first-order valence-corrected chi connectivity index (χ1v) is 1.85. The van der Waals surface area contributed by atoms with Crippen molar-refractivity contribution in [1.29, 1.82) is 0 Å². The Kier molecular flexibility index (Phi) is 29.1. The summed E-state index contributed by atoms with van der Waals surface area (Å²) in [6.07, 6.45) is 0. The number of halogens is 1. The van der Waals surface area contributed by atoms with Crippen LogP contribution in [-0.4, -0.2) is 0 Å². The predicted octanol–water partition coefficient (Wildman–Crippen LogP) is -7.76. The van der Waals surface area contributed by atoms with Gasteiger partial charge in [-0.25, -0.2) is 18.6 Å². The summed E-state index contributed by atoms with van der Waals surface area (Å²) < 4.78 is 34.0. The van der Waals surface area contributed by atoms with Gasteiger partial charge in [0.15, 0.2) is 0 Å². The van der Waals surface area contributed by atoms with Crippen LogP contribution in [0, 0.1) is 10.2 Å². The average Bonchev–Trinajstić information content (AvgIpc) is 0.722. The van der Waals surface area contributed by atoms with Crippen LogP contribution >= 0.6 is 0 Å². The van der Waals surface area contributed by atoms with Gasteiger partial charge in [0.2, 0.25) is 0 Å². The molecule has 0 N–H and O–H groups in total. The van der Waals surface area contributed by atoms with Gasteiger partial charge >= 0.3 is 51.4 Å². The van der Waals surface area contributed by atoms with Gasteiger partial charge in [-0.05, 0) is 0 Å². The van der Waals surface area contributed by atoms with Crippen molar-refractivity contribution in [3.63, 3.8) is 0 Å². The van der Waals surface area contributed by atoms with Gasteiger partial charge in [0.25, 0.3) is 0 Å². The Labute approximate surface area is 125 Å². The SMILES string of the molecule is [K+].[O-][Cl+3]([O-])([O-])[O-].[W].[Zr]. The van der Waals surface area contributed by atoms with Crippen LogP contribution in [0.3, 0.4) is 0 Å². The first-order chi connectivity index (χ1) is 2.00. The van der Waals surface area contributed by atoms with Crippen molar-refractivity contribution in [2.45, 2.75) is 0 Å². The molecule has 0 amide bonds. The van der Waals surface area contributed by atoms with Gasteiger partial charge in [-0.1, -0.05) is 0 Å². The van der Waals surface area contributed by atoms with E-state index >= 15 is 0 Å². The molecule has 0 unspecified atom stereocenters. The average molecular weight is 414 g/mol. The molecule has 8 heteroatoms. The Balaban J connectivity index is -0.0000000267. The van der Waals surface area contributed by atoms with E-state index in [9.17, 15) is 0 Å². The molecule has 0 radical (unpaired) electrons. The summed E-state index contributed by atoms with van der Waals surface area (Å²) >= 11 is 0. The van der Waals surface area contributed by atoms with Crippen molar-refractivity contribution < 1.29 is 128 Å². The van der Waals surface area contributed by atoms with E-state index < -0.39 is 10.2 Å². The molecular weight excluding hydrogens is 414 g/mol. The van der Waals surface area contributed by atoms with Crippen LogP contribution < -0.4 is 70.0 Å². The van der Waals surface area contributed by atoms with Gasteiger partial charge in [-0.3, -0.25) is 0 Å². The third-order valence-corrected chi connectivity index (χ3v) is 0. The molecule has 0 saturated carbocycles. The maximum absolute atomic E-state index is 8.49. The van der Waals surface area contributed by atoms with E-state index in [-0.39, 0.29) is 98.7 Å². The largest absolute Gasteiger partial charge is 1.00 e. The second-order valence-electron chi connectivity index (χ2n) is 0.378. The van der Waals surface area contributed by atoms with E-state index in [2.05, 4.69) is 0 Å². The second kappa shape index (κ2) is 10.3. The predicted molar refractivity (Wildman–Crippen MR) is 0 cm³/mol. The summed E-state index contributed by atoms with van der Waals surface area (Å²) in [5.74, 6) is 0. The Morgan fingerprint density at radius 1 is 0.875 bits per heavy atom. The van der Waals surface area contributed by atoms with Crippen LogP contribution in [0.5, 0.6) is 0 Å². The van der Waals surface area contributed by atoms with Crippen LogP contribution in [0.4, 0.5) is 0 Å². The molecule has 0 aromatic carbocycles. The monoisotopic (exact) mass is 412 g/mol. The maximum atomic E-state index is 8.49. The molecule has 4 nitrogen and oxygen atoms in total. The molecule has 0 rings (SSSR count). The molecule has 0 aromatic rings. The molecule has 0 aliphatic carbocycles. The van der Waals surface area contributed by atoms with Crippen LogP contribution in [0.25, 0.3) is 0 Å². The van der Waals surface area contributed by atoms with Crippen LogP contribution in [0.15, 0.2) is 0 Å². The van der Waals surface area contributed by atoms with Crippen molar-refractivity contribution in [3.8, 4) is 0 Å². The van der Waals surface area contributed by atoms with E-state index in [1.165, 1.54) is 0 Å². The third-order valence-electron chi connectivity index (χ3n) is 0. The molecule has 0 aliphatic heterocycles. The van der Waals surface area contributed by atoms with Crippen molar-refractivity contribution in [2.24, 2.45) is 0 Å². The van der Waals surface area contributed by atoms with E-state index in [0.717, 1.165) is 0 Å². The van der Waals surface area contributed by atoms with Crippen LogP contribution in [-0.2, 0) is 47.3 Å². The van der Waals surface area contributed by atoms with Crippen LogP contribution in [0.2, 0.25) is 0 Å². The molecule has 0 bridgehead atoms. The van der Waals surface area contributed by atoms with Gasteiger partial charge in [0.1, 0.15) is 0 Å². The zero-order valence-electron chi connectivity index (χ0n) is 3.92. The molecule has 0 spiro atoms. The van der Waals surface area contributed by atoms with E-state index in [4.69, 9.17) is 18.6 Å². The number of hydrogen-bond acceptors (Lipinski definition) is 4. The summed E-state index contributed by atoms with van der Waals surface area (Å²) in [5.41, 5.74) is 0. The maximum Gasteiger partial charge on any atom is 1.00 e. The molecule has 8 heavy (non-hydrogen) atoms. The van der Waals surface area contributed by atoms with Gasteiger partial charge in [-0.15, -0.1) is 10.2 Å².